The van der Waals surface area contributed by atoms with Crippen LogP contribution in [0.4, 0.5) is 0 Å². The van der Waals surface area contributed by atoms with Gasteiger partial charge < -0.3 is 5.11 Å². The van der Waals surface area contributed by atoms with Crippen LogP contribution in [0.5, 0.6) is 0 Å². The van der Waals surface area contributed by atoms with Crippen molar-refractivity contribution in [2.75, 3.05) is 0 Å². The summed E-state index contributed by atoms with van der Waals surface area (Å²) in [5.74, 6) is -0.270. The summed E-state index contributed by atoms with van der Waals surface area (Å²) in [4.78, 5) is 10.7. The molecule has 0 radical (unpaired) electrons. The molecule has 0 saturated heterocycles. The van der Waals surface area contributed by atoms with Crippen LogP contribution in [-0.2, 0) is 24.7 Å². The van der Waals surface area contributed by atoms with Gasteiger partial charge >= 0.3 is 5.97 Å². The second-order valence-electron chi connectivity index (χ2n) is 4.31. The smallest absolute Gasteiger partial charge is 0.309 e. The Morgan fingerprint density at radius 1 is 1.53 bits per heavy atom. The van der Waals surface area contributed by atoms with Gasteiger partial charge in [-0.1, -0.05) is 13.8 Å². The lowest BCUT2D eigenvalue weighted by atomic mass is 10.0. The number of nitrogens with zero attached hydrogens (tertiary/aromatic N) is 2. The van der Waals surface area contributed by atoms with Crippen LogP contribution in [-0.4, -0.2) is 20.9 Å². The molecule has 15 heavy (non-hydrogen) atoms. The van der Waals surface area contributed by atoms with Crippen molar-refractivity contribution in [2.24, 2.45) is 13.0 Å². The van der Waals surface area contributed by atoms with Crippen molar-refractivity contribution >= 4 is 5.97 Å². The fraction of sp³-hybridized carbons (Fsp3) is 0.636. The number of hydrogen-bond donors (Lipinski definition) is 1. The van der Waals surface area contributed by atoms with E-state index in [1.165, 1.54) is 0 Å². The van der Waals surface area contributed by atoms with Gasteiger partial charge in [0.2, 0.25) is 0 Å². The average Bonchev–Trinajstić information content (AvgIpc) is 2.31. The van der Waals surface area contributed by atoms with E-state index in [9.17, 15) is 4.79 Å². The minimum Gasteiger partial charge on any atom is -0.481 e. The van der Waals surface area contributed by atoms with Gasteiger partial charge in [-0.25, -0.2) is 0 Å². The van der Waals surface area contributed by atoms with E-state index in [0.29, 0.717) is 5.92 Å². The minimum absolute atomic E-state index is 0.0490. The van der Waals surface area contributed by atoms with Crippen molar-refractivity contribution in [1.82, 2.24) is 9.78 Å². The number of aliphatic carboxylic acids is 1. The first-order valence-corrected chi connectivity index (χ1v) is 5.15. The maximum Gasteiger partial charge on any atom is 0.309 e. The molecule has 84 valence electrons. The predicted molar refractivity (Wildman–Crippen MR) is 57.8 cm³/mol. The Kier molecular flexibility index (Phi) is 3.50. The highest BCUT2D eigenvalue weighted by Crippen LogP contribution is 2.16. The summed E-state index contributed by atoms with van der Waals surface area (Å²) in [6.07, 6.45) is 0.951. The molecule has 0 unspecified atom stereocenters. The van der Waals surface area contributed by atoms with Crippen molar-refractivity contribution in [1.29, 1.82) is 0 Å². The molecule has 0 aliphatic heterocycles. The van der Waals surface area contributed by atoms with Gasteiger partial charge in [-0.15, -0.1) is 0 Å². The monoisotopic (exact) mass is 210 g/mol. The van der Waals surface area contributed by atoms with Crippen molar-refractivity contribution in [3.8, 4) is 0 Å². The van der Waals surface area contributed by atoms with Crippen LogP contribution >= 0.6 is 0 Å². The normalized spacial score (nSPS) is 11.0. The first kappa shape index (κ1) is 11.8. The van der Waals surface area contributed by atoms with Crippen molar-refractivity contribution in [3.05, 3.63) is 17.0 Å². The molecule has 1 aromatic heterocycles. The summed E-state index contributed by atoms with van der Waals surface area (Å²) in [6, 6.07) is 0. The van der Waals surface area contributed by atoms with Gasteiger partial charge in [0, 0.05) is 7.05 Å². The molecule has 4 heteroatoms. The highest BCUT2D eigenvalue weighted by Gasteiger charge is 2.15. The van der Waals surface area contributed by atoms with Crippen LogP contribution in [0, 0.1) is 12.8 Å². The Bertz CT molecular complexity index is 367. The number of aryl methyl sites for hydroxylation is 1. The molecule has 0 spiro atoms. The molecular weight excluding hydrogens is 192 g/mol. The number of hydrogen-bond acceptors (Lipinski definition) is 2. The molecule has 0 aliphatic rings. The second kappa shape index (κ2) is 4.47. The predicted octanol–water partition coefficient (Wildman–Crippen LogP) is 1.55. The van der Waals surface area contributed by atoms with Gasteiger partial charge in [0.1, 0.15) is 0 Å². The fourth-order valence-electron chi connectivity index (χ4n) is 1.70. The SMILES string of the molecule is Cc1c(CC(C)C)nn(C)c1CC(=O)O. The summed E-state index contributed by atoms with van der Waals surface area (Å²) < 4.78 is 1.68. The molecule has 4 nitrogen and oxygen atoms in total. The molecule has 0 saturated carbocycles. The van der Waals surface area contributed by atoms with Crippen LogP contribution in [0.15, 0.2) is 0 Å². The van der Waals surface area contributed by atoms with E-state index in [0.717, 1.165) is 23.4 Å². The Morgan fingerprint density at radius 2 is 2.13 bits per heavy atom. The van der Waals surface area contributed by atoms with Crippen LogP contribution < -0.4 is 0 Å². The van der Waals surface area contributed by atoms with Gasteiger partial charge in [-0.2, -0.15) is 5.10 Å². The van der Waals surface area contributed by atoms with Crippen LogP contribution in [0.1, 0.15) is 30.8 Å². The van der Waals surface area contributed by atoms with Crippen LogP contribution in [0.25, 0.3) is 0 Å². The minimum atomic E-state index is -0.808. The number of aromatic nitrogens is 2. The molecule has 1 N–H and O–H groups in total. The summed E-state index contributed by atoms with van der Waals surface area (Å²) in [5, 5.41) is 13.1. The fourth-order valence-corrected chi connectivity index (χ4v) is 1.70. The third-order valence-corrected chi connectivity index (χ3v) is 2.45. The Hall–Kier alpha value is -1.32. The lowest BCUT2D eigenvalue weighted by Crippen LogP contribution is -2.07. The molecule has 1 heterocycles. The van der Waals surface area contributed by atoms with Gasteiger partial charge in [0.25, 0.3) is 0 Å². The van der Waals surface area contributed by atoms with Gasteiger partial charge in [-0.05, 0) is 24.8 Å². The zero-order chi connectivity index (χ0) is 11.6. The third-order valence-electron chi connectivity index (χ3n) is 2.45. The van der Waals surface area contributed by atoms with Crippen molar-refractivity contribution < 1.29 is 9.90 Å². The molecule has 1 rings (SSSR count). The molecule has 0 bridgehead atoms. The quantitative estimate of drug-likeness (QED) is 0.820. The van der Waals surface area contributed by atoms with E-state index < -0.39 is 5.97 Å². The molecule has 0 fully saturated rings. The van der Waals surface area contributed by atoms with E-state index in [2.05, 4.69) is 18.9 Å². The van der Waals surface area contributed by atoms with E-state index in [1.807, 2.05) is 6.92 Å². The average molecular weight is 210 g/mol. The number of carboxylic acid groups (broad SMARTS) is 1. The molecule has 0 atom stereocenters. The number of carbonyl (C=O) groups is 1. The largest absolute Gasteiger partial charge is 0.481 e. The molecule has 0 aromatic carbocycles. The Labute approximate surface area is 89.9 Å². The molecular formula is C11H18N2O2. The van der Waals surface area contributed by atoms with Crippen LogP contribution in [0.2, 0.25) is 0 Å². The topological polar surface area (TPSA) is 55.1 Å². The van der Waals surface area contributed by atoms with E-state index in [1.54, 1.807) is 11.7 Å². The van der Waals surface area contributed by atoms with Crippen LogP contribution in [0.3, 0.4) is 0 Å². The highest BCUT2D eigenvalue weighted by atomic mass is 16.4. The standard InChI is InChI=1S/C11H18N2O2/c1-7(2)5-9-8(3)10(6-11(14)15)13(4)12-9/h7H,5-6H2,1-4H3,(H,14,15). The third kappa shape index (κ3) is 2.81. The van der Waals surface area contributed by atoms with Crippen molar-refractivity contribution in [2.45, 2.75) is 33.6 Å². The van der Waals surface area contributed by atoms with Gasteiger partial charge in [0.05, 0.1) is 17.8 Å². The van der Waals surface area contributed by atoms with E-state index in [4.69, 9.17) is 5.11 Å². The Morgan fingerprint density at radius 3 is 2.60 bits per heavy atom. The number of carboxylic acids is 1. The second-order valence-corrected chi connectivity index (χ2v) is 4.31. The van der Waals surface area contributed by atoms with Gasteiger partial charge in [-0.3, -0.25) is 9.48 Å². The summed E-state index contributed by atoms with van der Waals surface area (Å²) >= 11 is 0. The maximum absolute atomic E-state index is 10.7. The summed E-state index contributed by atoms with van der Waals surface area (Å²) in [7, 11) is 1.80. The maximum atomic E-state index is 10.7. The lowest BCUT2D eigenvalue weighted by Gasteiger charge is -2.01. The summed E-state index contributed by atoms with van der Waals surface area (Å²) in [5.41, 5.74) is 2.84. The highest BCUT2D eigenvalue weighted by molar-refractivity contribution is 5.70. The molecule has 0 aliphatic carbocycles. The van der Waals surface area contributed by atoms with Gasteiger partial charge in [0.15, 0.2) is 0 Å². The zero-order valence-electron chi connectivity index (χ0n) is 9.74. The first-order valence-electron chi connectivity index (χ1n) is 5.15. The zero-order valence-corrected chi connectivity index (χ0v) is 9.74. The molecule has 1 aromatic rings. The molecule has 0 amide bonds. The summed E-state index contributed by atoms with van der Waals surface area (Å²) in [6.45, 7) is 6.21. The number of rotatable bonds is 4. The van der Waals surface area contributed by atoms with E-state index in [-0.39, 0.29) is 6.42 Å². The lowest BCUT2D eigenvalue weighted by molar-refractivity contribution is -0.136. The van der Waals surface area contributed by atoms with E-state index >= 15 is 0 Å². The Balaban J connectivity index is 2.98. The van der Waals surface area contributed by atoms with Crippen molar-refractivity contribution in [3.63, 3.8) is 0 Å². The first-order chi connectivity index (χ1) is 6.91.